The topological polar surface area (TPSA) is 17.1 Å². The summed E-state index contributed by atoms with van der Waals surface area (Å²) in [5, 5.41) is 0. The Hall–Kier alpha value is -0.590. The SMILES string of the molecule is C=C(C)C[C@H]1CCC(=O)C1. The van der Waals surface area contributed by atoms with Crippen molar-refractivity contribution < 1.29 is 4.79 Å². The Bertz CT molecular complexity index is 158. The van der Waals surface area contributed by atoms with E-state index in [1.165, 1.54) is 5.57 Å². The fourth-order valence-electron chi connectivity index (χ4n) is 1.56. The summed E-state index contributed by atoms with van der Waals surface area (Å²) in [6.45, 7) is 5.86. The lowest BCUT2D eigenvalue weighted by atomic mass is 10.0. The van der Waals surface area contributed by atoms with Crippen molar-refractivity contribution >= 4 is 5.78 Å². The quantitative estimate of drug-likeness (QED) is 0.535. The molecule has 0 aromatic heterocycles. The molecule has 0 spiro atoms. The molecule has 1 aliphatic rings. The molecule has 0 aromatic carbocycles. The number of ketones is 1. The average Bonchev–Trinajstić information content (AvgIpc) is 2.13. The van der Waals surface area contributed by atoms with Crippen molar-refractivity contribution in [3.05, 3.63) is 12.2 Å². The smallest absolute Gasteiger partial charge is 0.133 e. The number of hydrogen-bond acceptors (Lipinski definition) is 1. The molecule has 1 nitrogen and oxygen atoms in total. The molecule has 1 fully saturated rings. The highest BCUT2D eigenvalue weighted by Gasteiger charge is 2.21. The fraction of sp³-hybridized carbons (Fsp3) is 0.667. The fourth-order valence-corrected chi connectivity index (χ4v) is 1.56. The normalized spacial score (nSPS) is 25.3. The third-order valence-corrected chi connectivity index (χ3v) is 1.98. The Morgan fingerprint density at radius 2 is 2.50 bits per heavy atom. The van der Waals surface area contributed by atoms with Gasteiger partial charge in [0.1, 0.15) is 5.78 Å². The van der Waals surface area contributed by atoms with Crippen LogP contribution in [-0.2, 0) is 4.79 Å². The van der Waals surface area contributed by atoms with Crippen LogP contribution in [0.4, 0.5) is 0 Å². The maximum Gasteiger partial charge on any atom is 0.133 e. The van der Waals surface area contributed by atoms with Crippen LogP contribution in [0.3, 0.4) is 0 Å². The largest absolute Gasteiger partial charge is 0.300 e. The third-order valence-electron chi connectivity index (χ3n) is 1.98. The van der Waals surface area contributed by atoms with Crippen LogP contribution < -0.4 is 0 Å². The molecule has 0 unspecified atom stereocenters. The summed E-state index contributed by atoms with van der Waals surface area (Å²) < 4.78 is 0. The Morgan fingerprint density at radius 3 is 2.90 bits per heavy atom. The summed E-state index contributed by atoms with van der Waals surface area (Å²) in [5.41, 5.74) is 1.21. The van der Waals surface area contributed by atoms with E-state index in [1.807, 2.05) is 6.92 Å². The number of carbonyl (C=O) groups is 1. The maximum atomic E-state index is 10.8. The zero-order valence-corrected chi connectivity index (χ0v) is 6.52. The van der Waals surface area contributed by atoms with Crippen LogP contribution in [0.5, 0.6) is 0 Å². The molecule has 1 rings (SSSR count). The number of carbonyl (C=O) groups excluding carboxylic acids is 1. The minimum Gasteiger partial charge on any atom is -0.300 e. The van der Waals surface area contributed by atoms with Crippen LogP contribution >= 0.6 is 0 Å². The summed E-state index contributed by atoms with van der Waals surface area (Å²) in [6.07, 6.45) is 3.74. The van der Waals surface area contributed by atoms with Gasteiger partial charge in [-0.15, -0.1) is 6.58 Å². The van der Waals surface area contributed by atoms with Gasteiger partial charge in [-0.05, 0) is 25.7 Å². The molecule has 0 aliphatic heterocycles. The number of hydrogen-bond donors (Lipinski definition) is 0. The van der Waals surface area contributed by atoms with Crippen molar-refractivity contribution in [2.24, 2.45) is 5.92 Å². The Labute approximate surface area is 62.1 Å². The first-order valence-corrected chi connectivity index (χ1v) is 3.84. The van der Waals surface area contributed by atoms with Crippen molar-refractivity contribution in [2.45, 2.75) is 32.6 Å². The van der Waals surface area contributed by atoms with Crippen LogP contribution in [0.15, 0.2) is 12.2 Å². The highest BCUT2D eigenvalue weighted by atomic mass is 16.1. The van der Waals surface area contributed by atoms with Crippen LogP contribution in [0.2, 0.25) is 0 Å². The van der Waals surface area contributed by atoms with Crippen molar-refractivity contribution in [3.63, 3.8) is 0 Å². The molecule has 0 heterocycles. The Morgan fingerprint density at radius 1 is 1.80 bits per heavy atom. The third kappa shape index (κ3) is 1.98. The van der Waals surface area contributed by atoms with E-state index in [4.69, 9.17) is 0 Å². The summed E-state index contributed by atoms with van der Waals surface area (Å²) in [7, 11) is 0. The summed E-state index contributed by atoms with van der Waals surface area (Å²) in [5.74, 6) is 1.05. The number of allylic oxidation sites excluding steroid dienone is 1. The van der Waals surface area contributed by atoms with Gasteiger partial charge < -0.3 is 0 Å². The molecule has 1 atom stereocenters. The van der Waals surface area contributed by atoms with Gasteiger partial charge in [0.15, 0.2) is 0 Å². The molecular weight excluding hydrogens is 124 g/mol. The van der Waals surface area contributed by atoms with Gasteiger partial charge in [-0.2, -0.15) is 0 Å². The van der Waals surface area contributed by atoms with Crippen molar-refractivity contribution in [1.29, 1.82) is 0 Å². The molecule has 56 valence electrons. The zero-order chi connectivity index (χ0) is 7.56. The van der Waals surface area contributed by atoms with Gasteiger partial charge in [0, 0.05) is 12.8 Å². The summed E-state index contributed by atoms with van der Waals surface area (Å²) in [6, 6.07) is 0. The molecular formula is C9H14O. The van der Waals surface area contributed by atoms with Crippen molar-refractivity contribution in [2.75, 3.05) is 0 Å². The van der Waals surface area contributed by atoms with Gasteiger partial charge in [0.2, 0.25) is 0 Å². The molecule has 0 radical (unpaired) electrons. The summed E-state index contributed by atoms with van der Waals surface area (Å²) >= 11 is 0. The van der Waals surface area contributed by atoms with E-state index in [1.54, 1.807) is 0 Å². The second-order valence-corrected chi connectivity index (χ2v) is 3.31. The first-order valence-electron chi connectivity index (χ1n) is 3.84. The van der Waals surface area contributed by atoms with Gasteiger partial charge in [-0.3, -0.25) is 4.79 Å². The van der Waals surface area contributed by atoms with Gasteiger partial charge in [0.25, 0.3) is 0 Å². The second kappa shape index (κ2) is 3.00. The van der Waals surface area contributed by atoms with E-state index in [2.05, 4.69) is 6.58 Å². The van der Waals surface area contributed by atoms with E-state index >= 15 is 0 Å². The minimum absolute atomic E-state index is 0.436. The van der Waals surface area contributed by atoms with Gasteiger partial charge in [-0.1, -0.05) is 5.57 Å². The number of Topliss-reactive ketones (excluding diaryl/α,β-unsaturated/α-hetero) is 1. The Balaban J connectivity index is 2.31. The van der Waals surface area contributed by atoms with E-state index in [0.717, 1.165) is 25.7 Å². The first-order chi connectivity index (χ1) is 4.68. The van der Waals surface area contributed by atoms with Crippen molar-refractivity contribution in [1.82, 2.24) is 0 Å². The minimum atomic E-state index is 0.436. The van der Waals surface area contributed by atoms with Crippen LogP contribution in [-0.4, -0.2) is 5.78 Å². The Kier molecular flexibility index (Phi) is 2.25. The predicted octanol–water partition coefficient (Wildman–Crippen LogP) is 2.32. The lowest BCUT2D eigenvalue weighted by Crippen LogP contribution is -1.94. The van der Waals surface area contributed by atoms with Gasteiger partial charge in [0.05, 0.1) is 0 Å². The number of rotatable bonds is 2. The van der Waals surface area contributed by atoms with Crippen LogP contribution in [0.25, 0.3) is 0 Å². The molecule has 0 saturated heterocycles. The molecule has 10 heavy (non-hydrogen) atoms. The molecule has 1 aliphatic carbocycles. The lowest BCUT2D eigenvalue weighted by molar-refractivity contribution is -0.117. The van der Waals surface area contributed by atoms with Crippen LogP contribution in [0, 0.1) is 5.92 Å². The monoisotopic (exact) mass is 138 g/mol. The van der Waals surface area contributed by atoms with Gasteiger partial charge >= 0.3 is 0 Å². The van der Waals surface area contributed by atoms with E-state index in [9.17, 15) is 4.79 Å². The van der Waals surface area contributed by atoms with Crippen LogP contribution in [0.1, 0.15) is 32.6 Å². The zero-order valence-electron chi connectivity index (χ0n) is 6.52. The highest BCUT2D eigenvalue weighted by Crippen LogP contribution is 2.26. The predicted molar refractivity (Wildman–Crippen MR) is 41.8 cm³/mol. The lowest BCUT2D eigenvalue weighted by Gasteiger charge is -2.05. The van der Waals surface area contributed by atoms with Gasteiger partial charge in [-0.25, -0.2) is 0 Å². The summed E-state index contributed by atoms with van der Waals surface area (Å²) in [4.78, 5) is 10.8. The first kappa shape index (κ1) is 7.52. The molecule has 0 bridgehead atoms. The molecule has 1 heteroatoms. The standard InChI is InChI=1S/C9H14O/c1-7(2)5-8-3-4-9(10)6-8/h8H,1,3-6H2,2H3/t8-/m1/s1. The van der Waals surface area contributed by atoms with Crippen molar-refractivity contribution in [3.8, 4) is 0 Å². The average molecular weight is 138 g/mol. The molecule has 0 amide bonds. The molecule has 0 N–H and O–H groups in total. The molecule has 0 aromatic rings. The second-order valence-electron chi connectivity index (χ2n) is 3.31. The van der Waals surface area contributed by atoms with E-state index in [-0.39, 0.29) is 0 Å². The van der Waals surface area contributed by atoms with E-state index in [0.29, 0.717) is 11.7 Å². The highest BCUT2D eigenvalue weighted by molar-refractivity contribution is 5.80. The van der Waals surface area contributed by atoms with E-state index < -0.39 is 0 Å². The molecule has 1 saturated carbocycles. The maximum absolute atomic E-state index is 10.8.